The summed E-state index contributed by atoms with van der Waals surface area (Å²) in [6.07, 6.45) is 2.41. The molecule has 0 saturated carbocycles. The number of hydrogen-bond acceptors (Lipinski definition) is 7. The molecule has 0 aromatic heterocycles. The van der Waals surface area contributed by atoms with Gasteiger partial charge in [0.1, 0.15) is 5.75 Å². The Bertz CT molecular complexity index is 899. The van der Waals surface area contributed by atoms with Gasteiger partial charge in [-0.25, -0.2) is 10.2 Å². The number of halogens is 1. The van der Waals surface area contributed by atoms with Gasteiger partial charge < -0.3 is 18.9 Å². The summed E-state index contributed by atoms with van der Waals surface area (Å²) >= 11 is 2.06. The third-order valence-electron chi connectivity index (χ3n) is 3.78. The van der Waals surface area contributed by atoms with E-state index in [0.717, 1.165) is 6.42 Å². The van der Waals surface area contributed by atoms with Crippen LogP contribution in [0.5, 0.6) is 17.2 Å². The Hall–Kier alpha value is -2.82. The molecule has 0 fully saturated rings. The highest BCUT2D eigenvalue weighted by Crippen LogP contribution is 2.33. The number of rotatable bonds is 10. The van der Waals surface area contributed by atoms with Crippen LogP contribution in [0, 0.1) is 3.57 Å². The van der Waals surface area contributed by atoms with Crippen LogP contribution in [0.1, 0.15) is 29.3 Å². The topological polar surface area (TPSA) is 95.5 Å². The highest BCUT2D eigenvalue weighted by Gasteiger charge is 2.13. The molecule has 30 heavy (non-hydrogen) atoms. The molecule has 2 aromatic rings. The molecule has 8 nitrogen and oxygen atoms in total. The molecule has 0 aliphatic rings. The van der Waals surface area contributed by atoms with E-state index in [1.807, 2.05) is 6.92 Å². The second-order valence-corrected chi connectivity index (χ2v) is 7.13. The fourth-order valence-corrected chi connectivity index (χ4v) is 3.08. The average Bonchev–Trinajstić information content (AvgIpc) is 2.76. The Morgan fingerprint density at radius 1 is 1.13 bits per heavy atom. The minimum absolute atomic E-state index is 0.228. The SMILES string of the molecule is CCCOc1ccc(C(=O)N/N=C/c2cc(I)c(OCC(=O)OC)c(OC)c2)cc1. The highest BCUT2D eigenvalue weighted by atomic mass is 127. The standard InChI is InChI=1S/C21H23IN2O6/c1-4-9-29-16-7-5-15(6-8-16)21(26)24-23-12-14-10-17(22)20(18(11-14)27-2)30-13-19(25)28-3/h5-8,10-12H,4,9,13H2,1-3H3,(H,24,26)/b23-12+. The van der Waals surface area contributed by atoms with Crippen LogP contribution in [-0.2, 0) is 9.53 Å². The second-order valence-electron chi connectivity index (χ2n) is 5.97. The summed E-state index contributed by atoms with van der Waals surface area (Å²) in [5.41, 5.74) is 3.64. The average molecular weight is 526 g/mol. The maximum Gasteiger partial charge on any atom is 0.343 e. The van der Waals surface area contributed by atoms with Crippen molar-refractivity contribution >= 4 is 40.7 Å². The van der Waals surface area contributed by atoms with Crippen molar-refractivity contribution in [2.75, 3.05) is 27.4 Å². The van der Waals surface area contributed by atoms with Crippen LogP contribution >= 0.6 is 22.6 Å². The molecule has 0 bridgehead atoms. The molecule has 0 aliphatic heterocycles. The van der Waals surface area contributed by atoms with Crippen molar-refractivity contribution in [2.24, 2.45) is 5.10 Å². The highest BCUT2D eigenvalue weighted by molar-refractivity contribution is 14.1. The number of hydrazone groups is 1. The third-order valence-corrected chi connectivity index (χ3v) is 4.58. The van der Waals surface area contributed by atoms with E-state index in [0.29, 0.717) is 38.6 Å². The fourth-order valence-electron chi connectivity index (χ4n) is 2.30. The van der Waals surface area contributed by atoms with E-state index in [-0.39, 0.29) is 12.5 Å². The number of methoxy groups -OCH3 is 2. The summed E-state index contributed by atoms with van der Waals surface area (Å²) < 4.78 is 21.6. The molecule has 0 spiro atoms. The monoisotopic (exact) mass is 526 g/mol. The van der Waals surface area contributed by atoms with Gasteiger partial charge in [0.15, 0.2) is 18.1 Å². The van der Waals surface area contributed by atoms with Gasteiger partial charge in [0.05, 0.1) is 30.6 Å². The molecule has 2 rings (SSSR count). The number of amides is 1. The molecule has 0 radical (unpaired) electrons. The molecule has 0 aliphatic carbocycles. The predicted octanol–water partition coefficient (Wildman–Crippen LogP) is 3.40. The van der Waals surface area contributed by atoms with Gasteiger partial charge in [0, 0.05) is 5.56 Å². The Morgan fingerprint density at radius 2 is 1.87 bits per heavy atom. The van der Waals surface area contributed by atoms with Crippen LogP contribution in [0.3, 0.4) is 0 Å². The predicted molar refractivity (Wildman–Crippen MR) is 121 cm³/mol. The minimum Gasteiger partial charge on any atom is -0.494 e. The molecule has 0 saturated heterocycles. The normalized spacial score (nSPS) is 10.5. The van der Waals surface area contributed by atoms with E-state index in [9.17, 15) is 9.59 Å². The zero-order valence-corrected chi connectivity index (χ0v) is 19.1. The van der Waals surface area contributed by atoms with E-state index >= 15 is 0 Å². The largest absolute Gasteiger partial charge is 0.494 e. The van der Waals surface area contributed by atoms with Crippen molar-refractivity contribution in [1.82, 2.24) is 5.43 Å². The molecule has 2 aromatic carbocycles. The van der Waals surface area contributed by atoms with Gasteiger partial charge in [-0.1, -0.05) is 6.92 Å². The Labute approximate surface area is 188 Å². The fraction of sp³-hybridized carbons (Fsp3) is 0.286. The Balaban J connectivity index is 2.02. The van der Waals surface area contributed by atoms with Gasteiger partial charge in [-0.2, -0.15) is 5.10 Å². The quantitative estimate of drug-likeness (QED) is 0.221. The van der Waals surface area contributed by atoms with Gasteiger partial charge in [0.25, 0.3) is 5.91 Å². The van der Waals surface area contributed by atoms with Gasteiger partial charge in [-0.05, 0) is 71.0 Å². The number of esters is 1. The van der Waals surface area contributed by atoms with Crippen LogP contribution in [-0.4, -0.2) is 45.5 Å². The van der Waals surface area contributed by atoms with Crippen molar-refractivity contribution in [3.05, 3.63) is 51.1 Å². The van der Waals surface area contributed by atoms with Crippen molar-refractivity contribution in [3.63, 3.8) is 0 Å². The lowest BCUT2D eigenvalue weighted by atomic mass is 10.2. The molecule has 0 atom stereocenters. The molecule has 9 heteroatoms. The molecule has 1 amide bonds. The van der Waals surface area contributed by atoms with Crippen LogP contribution in [0.15, 0.2) is 41.5 Å². The van der Waals surface area contributed by atoms with Crippen LogP contribution in [0.2, 0.25) is 0 Å². The van der Waals surface area contributed by atoms with Crippen molar-refractivity contribution < 1.29 is 28.5 Å². The van der Waals surface area contributed by atoms with Gasteiger partial charge >= 0.3 is 5.97 Å². The van der Waals surface area contributed by atoms with E-state index in [1.165, 1.54) is 20.4 Å². The van der Waals surface area contributed by atoms with E-state index in [2.05, 4.69) is 37.9 Å². The first-order valence-electron chi connectivity index (χ1n) is 9.11. The number of ether oxygens (including phenoxy) is 4. The van der Waals surface area contributed by atoms with Crippen molar-refractivity contribution in [3.8, 4) is 17.2 Å². The number of carbonyl (C=O) groups excluding carboxylic acids is 2. The van der Waals surface area contributed by atoms with Crippen LogP contribution in [0.25, 0.3) is 0 Å². The summed E-state index contributed by atoms with van der Waals surface area (Å²) in [5.74, 6) is 0.739. The number of carbonyl (C=O) groups is 2. The maximum absolute atomic E-state index is 12.2. The van der Waals surface area contributed by atoms with E-state index in [1.54, 1.807) is 36.4 Å². The number of benzene rings is 2. The van der Waals surface area contributed by atoms with Gasteiger partial charge in [0.2, 0.25) is 0 Å². The molecule has 1 N–H and O–H groups in total. The molecule has 160 valence electrons. The molecular formula is C21H23IN2O6. The lowest BCUT2D eigenvalue weighted by molar-refractivity contribution is -0.142. The molecule has 0 heterocycles. The van der Waals surface area contributed by atoms with Gasteiger partial charge in [-0.3, -0.25) is 4.79 Å². The van der Waals surface area contributed by atoms with Crippen molar-refractivity contribution in [1.29, 1.82) is 0 Å². The van der Waals surface area contributed by atoms with Crippen molar-refractivity contribution in [2.45, 2.75) is 13.3 Å². The summed E-state index contributed by atoms with van der Waals surface area (Å²) in [5, 5.41) is 3.99. The first-order chi connectivity index (χ1) is 14.5. The van der Waals surface area contributed by atoms with Gasteiger partial charge in [-0.15, -0.1) is 0 Å². The Kier molecular flexibility index (Phi) is 9.39. The number of nitrogens with one attached hydrogen (secondary N) is 1. The minimum atomic E-state index is -0.494. The summed E-state index contributed by atoms with van der Waals surface area (Å²) in [7, 11) is 2.78. The van der Waals surface area contributed by atoms with Crippen LogP contribution in [0.4, 0.5) is 0 Å². The smallest absolute Gasteiger partial charge is 0.343 e. The number of hydrogen-bond donors (Lipinski definition) is 1. The summed E-state index contributed by atoms with van der Waals surface area (Å²) in [4.78, 5) is 23.5. The lowest BCUT2D eigenvalue weighted by Gasteiger charge is -2.12. The van der Waals surface area contributed by atoms with E-state index in [4.69, 9.17) is 14.2 Å². The third kappa shape index (κ3) is 6.90. The second kappa shape index (κ2) is 12.0. The summed E-state index contributed by atoms with van der Waals surface area (Å²) in [6, 6.07) is 10.3. The maximum atomic E-state index is 12.2. The lowest BCUT2D eigenvalue weighted by Crippen LogP contribution is -2.17. The zero-order valence-electron chi connectivity index (χ0n) is 16.9. The van der Waals surface area contributed by atoms with E-state index < -0.39 is 5.97 Å². The molecular weight excluding hydrogens is 503 g/mol. The Morgan fingerprint density at radius 3 is 2.50 bits per heavy atom. The summed E-state index contributed by atoms with van der Waals surface area (Å²) in [6.45, 7) is 2.43. The first kappa shape index (κ1) is 23.5. The number of nitrogens with zero attached hydrogens (tertiary/aromatic N) is 1. The zero-order chi connectivity index (χ0) is 21.9. The molecule has 0 unspecified atom stereocenters. The first-order valence-corrected chi connectivity index (χ1v) is 10.2. The van der Waals surface area contributed by atoms with Crippen LogP contribution < -0.4 is 19.6 Å².